The molecule has 0 fully saturated rings. The molecule has 14 heavy (non-hydrogen) atoms. The van der Waals surface area contributed by atoms with Crippen molar-refractivity contribution in [2.24, 2.45) is 0 Å². The molecule has 3 heteroatoms. The number of nitrogens with one attached hydrogen (secondary N) is 1. The number of halogens is 2. The van der Waals surface area contributed by atoms with Crippen LogP contribution in [-0.4, -0.2) is 6.54 Å². The van der Waals surface area contributed by atoms with Gasteiger partial charge in [0.2, 0.25) is 0 Å². The number of hydrogen-bond acceptors (Lipinski definition) is 1. The second-order valence-corrected chi connectivity index (χ2v) is 4.15. The van der Waals surface area contributed by atoms with Gasteiger partial charge in [-0.1, -0.05) is 11.6 Å². The predicted molar refractivity (Wildman–Crippen MR) is 65.7 cm³/mol. The van der Waals surface area contributed by atoms with Gasteiger partial charge in [-0.25, -0.2) is 0 Å². The van der Waals surface area contributed by atoms with Crippen LogP contribution in [0.1, 0.15) is 12.8 Å². The summed E-state index contributed by atoms with van der Waals surface area (Å²) in [6, 6.07) is 5.67. The van der Waals surface area contributed by atoms with Gasteiger partial charge < -0.3 is 5.32 Å². The highest BCUT2D eigenvalue weighted by atomic mass is 79.9. The van der Waals surface area contributed by atoms with Crippen molar-refractivity contribution in [1.29, 1.82) is 0 Å². The van der Waals surface area contributed by atoms with Crippen molar-refractivity contribution in [1.82, 2.24) is 0 Å². The molecule has 1 aromatic rings. The summed E-state index contributed by atoms with van der Waals surface area (Å²) < 4.78 is 0.978. The van der Waals surface area contributed by atoms with Crippen LogP contribution in [0.25, 0.3) is 0 Å². The Bertz CT molecular complexity index is 344. The van der Waals surface area contributed by atoms with Crippen LogP contribution in [0, 0.1) is 12.3 Å². The predicted octanol–water partition coefficient (Wildman–Crippen LogP) is 3.93. The third-order valence-corrected chi connectivity index (χ3v) is 2.64. The summed E-state index contributed by atoms with van der Waals surface area (Å²) in [4.78, 5) is 0. The molecule has 0 amide bonds. The Morgan fingerprint density at radius 3 is 2.93 bits per heavy atom. The molecule has 0 bridgehead atoms. The van der Waals surface area contributed by atoms with E-state index in [-0.39, 0.29) is 0 Å². The molecule has 0 unspecified atom stereocenters. The van der Waals surface area contributed by atoms with E-state index in [0.29, 0.717) is 0 Å². The molecule has 0 heterocycles. The lowest BCUT2D eigenvalue weighted by molar-refractivity contribution is 0.907. The Morgan fingerprint density at radius 1 is 1.50 bits per heavy atom. The van der Waals surface area contributed by atoms with Crippen molar-refractivity contribution in [3.05, 3.63) is 27.7 Å². The lowest BCUT2D eigenvalue weighted by atomic mass is 10.3. The number of rotatable bonds is 4. The molecule has 0 radical (unpaired) electrons. The van der Waals surface area contributed by atoms with Crippen molar-refractivity contribution < 1.29 is 0 Å². The summed E-state index contributed by atoms with van der Waals surface area (Å²) in [7, 11) is 0. The molecular formula is C11H11BrClN. The van der Waals surface area contributed by atoms with Gasteiger partial charge >= 0.3 is 0 Å². The molecule has 1 rings (SSSR count). The SMILES string of the molecule is C#CCCCNc1ccc(Cl)cc1Br. The minimum atomic E-state index is 0.728. The summed E-state index contributed by atoms with van der Waals surface area (Å²) >= 11 is 9.25. The maximum atomic E-state index is 5.82. The van der Waals surface area contributed by atoms with E-state index >= 15 is 0 Å². The smallest absolute Gasteiger partial charge is 0.0485 e. The molecule has 0 aliphatic heterocycles. The fraction of sp³-hybridized carbons (Fsp3) is 0.273. The molecule has 0 saturated carbocycles. The molecule has 0 aromatic heterocycles. The van der Waals surface area contributed by atoms with E-state index in [2.05, 4.69) is 27.2 Å². The fourth-order valence-corrected chi connectivity index (χ4v) is 1.87. The van der Waals surface area contributed by atoms with Crippen molar-refractivity contribution in [3.8, 4) is 12.3 Å². The van der Waals surface area contributed by atoms with Crippen LogP contribution in [0.2, 0.25) is 5.02 Å². The Kier molecular flexibility index (Phi) is 4.86. The maximum Gasteiger partial charge on any atom is 0.0485 e. The van der Waals surface area contributed by atoms with E-state index in [1.54, 1.807) is 0 Å². The Morgan fingerprint density at radius 2 is 2.29 bits per heavy atom. The second-order valence-electron chi connectivity index (χ2n) is 2.86. The minimum absolute atomic E-state index is 0.728. The quantitative estimate of drug-likeness (QED) is 0.647. The van der Waals surface area contributed by atoms with Crippen molar-refractivity contribution in [2.45, 2.75) is 12.8 Å². The van der Waals surface area contributed by atoms with Crippen LogP contribution >= 0.6 is 27.5 Å². The normalized spacial score (nSPS) is 9.50. The van der Waals surface area contributed by atoms with E-state index in [1.165, 1.54) is 0 Å². The van der Waals surface area contributed by atoms with Crippen molar-refractivity contribution in [3.63, 3.8) is 0 Å². The van der Waals surface area contributed by atoms with E-state index in [9.17, 15) is 0 Å². The molecule has 0 saturated heterocycles. The number of anilines is 1. The third kappa shape index (κ3) is 3.61. The van der Waals surface area contributed by atoms with Gasteiger partial charge in [0.1, 0.15) is 0 Å². The number of unbranched alkanes of at least 4 members (excludes halogenated alkanes) is 1. The lowest BCUT2D eigenvalue weighted by Gasteiger charge is -2.07. The number of terminal acetylenes is 1. The molecule has 0 aliphatic rings. The number of hydrogen-bond donors (Lipinski definition) is 1. The fourth-order valence-electron chi connectivity index (χ4n) is 1.05. The molecule has 1 aromatic carbocycles. The van der Waals surface area contributed by atoms with Crippen LogP contribution in [-0.2, 0) is 0 Å². The van der Waals surface area contributed by atoms with E-state index < -0.39 is 0 Å². The summed E-state index contributed by atoms with van der Waals surface area (Å²) in [5.74, 6) is 2.60. The van der Waals surface area contributed by atoms with Gasteiger partial charge in [0.15, 0.2) is 0 Å². The zero-order chi connectivity index (χ0) is 10.4. The third-order valence-electron chi connectivity index (χ3n) is 1.74. The Hall–Kier alpha value is -0.650. The van der Waals surface area contributed by atoms with Crippen molar-refractivity contribution in [2.75, 3.05) is 11.9 Å². The van der Waals surface area contributed by atoms with Gasteiger partial charge in [-0.05, 0) is 40.5 Å². The Balaban J connectivity index is 2.47. The van der Waals surface area contributed by atoms with Crippen molar-refractivity contribution >= 4 is 33.2 Å². The highest BCUT2D eigenvalue weighted by Gasteiger charge is 1.98. The first kappa shape index (κ1) is 11.4. The Labute approximate surface area is 98.0 Å². The van der Waals surface area contributed by atoms with Crippen LogP contribution in [0.4, 0.5) is 5.69 Å². The first-order chi connectivity index (χ1) is 6.74. The highest BCUT2D eigenvalue weighted by Crippen LogP contribution is 2.25. The van der Waals surface area contributed by atoms with Gasteiger partial charge in [-0.15, -0.1) is 12.3 Å². The first-order valence-electron chi connectivity index (χ1n) is 4.36. The van der Waals surface area contributed by atoms with E-state index in [0.717, 1.165) is 34.6 Å². The molecule has 74 valence electrons. The van der Waals surface area contributed by atoms with E-state index in [1.807, 2.05) is 18.2 Å². The minimum Gasteiger partial charge on any atom is -0.384 e. The average molecular weight is 273 g/mol. The van der Waals surface area contributed by atoms with Gasteiger partial charge in [-0.3, -0.25) is 0 Å². The monoisotopic (exact) mass is 271 g/mol. The summed E-state index contributed by atoms with van der Waals surface area (Å²) in [5, 5.41) is 4.00. The number of benzene rings is 1. The standard InChI is InChI=1S/C11H11BrClN/c1-2-3-4-7-14-11-6-5-9(13)8-10(11)12/h1,5-6,8,14H,3-4,7H2. The van der Waals surface area contributed by atoms with Gasteiger partial charge in [0, 0.05) is 28.1 Å². The van der Waals surface area contributed by atoms with Gasteiger partial charge in [0.05, 0.1) is 0 Å². The molecule has 1 N–H and O–H groups in total. The molecule has 0 aliphatic carbocycles. The topological polar surface area (TPSA) is 12.0 Å². The maximum absolute atomic E-state index is 5.82. The van der Waals surface area contributed by atoms with Crippen LogP contribution < -0.4 is 5.32 Å². The molecular weight excluding hydrogens is 261 g/mol. The summed E-state index contributed by atoms with van der Waals surface area (Å²) in [5.41, 5.74) is 1.05. The zero-order valence-electron chi connectivity index (χ0n) is 7.69. The average Bonchev–Trinajstić information content (AvgIpc) is 2.15. The summed E-state index contributed by atoms with van der Waals surface area (Å²) in [6.07, 6.45) is 6.93. The molecule has 1 nitrogen and oxygen atoms in total. The largest absolute Gasteiger partial charge is 0.384 e. The highest BCUT2D eigenvalue weighted by molar-refractivity contribution is 9.10. The first-order valence-corrected chi connectivity index (χ1v) is 5.53. The van der Waals surface area contributed by atoms with Crippen LogP contribution in [0.3, 0.4) is 0 Å². The summed E-state index contributed by atoms with van der Waals surface area (Å²) in [6.45, 7) is 0.879. The van der Waals surface area contributed by atoms with Crippen LogP contribution in [0.5, 0.6) is 0 Å². The van der Waals surface area contributed by atoms with Crippen LogP contribution in [0.15, 0.2) is 22.7 Å². The second kappa shape index (κ2) is 5.95. The molecule has 0 spiro atoms. The zero-order valence-corrected chi connectivity index (χ0v) is 10.0. The lowest BCUT2D eigenvalue weighted by Crippen LogP contribution is -2.01. The van der Waals surface area contributed by atoms with Gasteiger partial charge in [-0.2, -0.15) is 0 Å². The van der Waals surface area contributed by atoms with E-state index in [4.69, 9.17) is 18.0 Å². The van der Waals surface area contributed by atoms with Gasteiger partial charge in [0.25, 0.3) is 0 Å². The molecule has 0 atom stereocenters.